The number of halogens is 3. The minimum atomic E-state index is -1.06. The highest BCUT2D eigenvalue weighted by molar-refractivity contribution is 9.10. The number of benzene rings is 1. The van der Waals surface area contributed by atoms with Gasteiger partial charge in [-0.1, -0.05) is 11.6 Å². The van der Waals surface area contributed by atoms with Crippen LogP contribution in [0.2, 0.25) is 5.02 Å². The fourth-order valence-corrected chi connectivity index (χ4v) is 2.76. The predicted octanol–water partition coefficient (Wildman–Crippen LogP) is 3.78. The third kappa shape index (κ3) is 7.34. The van der Waals surface area contributed by atoms with Crippen LogP contribution in [0, 0.1) is 5.82 Å². The second-order valence-electron chi connectivity index (χ2n) is 6.51. The standard InChI is InChI=1S/C16H23BrClFN2O3/c1-9(21-15(23)24-16(2,3)4)7-20-8-13(22)11-5-10(18)6-12(17)14(11)19/h5-6,9,13,20,22H,7-8H2,1-4H3,(H,21,23)/t9-,13?/m1/s1. The molecule has 0 heterocycles. The summed E-state index contributed by atoms with van der Waals surface area (Å²) >= 11 is 8.93. The van der Waals surface area contributed by atoms with E-state index in [2.05, 4.69) is 26.6 Å². The molecule has 0 aliphatic heterocycles. The average molecular weight is 426 g/mol. The summed E-state index contributed by atoms with van der Waals surface area (Å²) < 4.78 is 19.3. The van der Waals surface area contributed by atoms with E-state index in [1.807, 2.05) is 0 Å². The maximum Gasteiger partial charge on any atom is 0.407 e. The van der Waals surface area contributed by atoms with Crippen molar-refractivity contribution in [3.05, 3.63) is 33.0 Å². The number of hydrogen-bond acceptors (Lipinski definition) is 4. The Bertz CT molecular complexity index is 581. The van der Waals surface area contributed by atoms with Crippen molar-refractivity contribution < 1.29 is 19.0 Å². The Morgan fingerprint density at radius 1 is 1.42 bits per heavy atom. The predicted molar refractivity (Wildman–Crippen MR) is 95.8 cm³/mol. The van der Waals surface area contributed by atoms with Crippen LogP contribution in [0.5, 0.6) is 0 Å². The van der Waals surface area contributed by atoms with E-state index in [0.29, 0.717) is 11.6 Å². The number of carbonyl (C=O) groups is 1. The minimum absolute atomic E-state index is 0.106. The second-order valence-corrected chi connectivity index (χ2v) is 7.80. The summed E-state index contributed by atoms with van der Waals surface area (Å²) in [5.41, 5.74) is -0.458. The molecule has 24 heavy (non-hydrogen) atoms. The van der Waals surface area contributed by atoms with E-state index in [0.717, 1.165) is 0 Å². The zero-order chi connectivity index (χ0) is 18.5. The molecule has 0 aliphatic rings. The van der Waals surface area contributed by atoms with Gasteiger partial charge in [-0.15, -0.1) is 0 Å². The first-order chi connectivity index (χ1) is 11.0. The third-order valence-corrected chi connectivity index (χ3v) is 3.73. The van der Waals surface area contributed by atoms with Gasteiger partial charge in [-0.25, -0.2) is 9.18 Å². The Labute approximate surface area is 155 Å². The average Bonchev–Trinajstić information content (AvgIpc) is 2.40. The van der Waals surface area contributed by atoms with Crippen molar-refractivity contribution in [1.29, 1.82) is 0 Å². The molecule has 1 aromatic rings. The van der Waals surface area contributed by atoms with Crippen LogP contribution in [0.15, 0.2) is 16.6 Å². The van der Waals surface area contributed by atoms with E-state index in [1.54, 1.807) is 27.7 Å². The van der Waals surface area contributed by atoms with E-state index >= 15 is 0 Å². The van der Waals surface area contributed by atoms with Gasteiger partial charge in [0.2, 0.25) is 0 Å². The molecule has 5 nitrogen and oxygen atoms in total. The molecule has 0 saturated heterocycles. The number of alkyl carbamates (subject to hydrolysis) is 1. The van der Waals surface area contributed by atoms with Crippen LogP contribution in [-0.2, 0) is 4.74 Å². The highest BCUT2D eigenvalue weighted by Gasteiger charge is 2.19. The van der Waals surface area contributed by atoms with Crippen molar-refractivity contribution in [1.82, 2.24) is 10.6 Å². The van der Waals surface area contributed by atoms with E-state index < -0.39 is 23.6 Å². The molecule has 0 aliphatic carbocycles. The molecular formula is C16H23BrClFN2O3. The molecule has 0 bridgehead atoms. The van der Waals surface area contributed by atoms with Crippen LogP contribution in [0.4, 0.5) is 9.18 Å². The number of nitrogens with one attached hydrogen (secondary N) is 2. The summed E-state index contributed by atoms with van der Waals surface area (Å²) in [6, 6.07) is 2.59. The quantitative estimate of drug-likeness (QED) is 0.607. The van der Waals surface area contributed by atoms with Crippen LogP contribution in [-0.4, -0.2) is 35.9 Å². The highest BCUT2D eigenvalue weighted by Crippen LogP contribution is 2.28. The maximum atomic E-state index is 14.0. The monoisotopic (exact) mass is 424 g/mol. The number of aliphatic hydroxyl groups excluding tert-OH is 1. The Morgan fingerprint density at radius 2 is 2.04 bits per heavy atom. The molecule has 8 heteroatoms. The van der Waals surface area contributed by atoms with Gasteiger partial charge in [0.05, 0.1) is 10.6 Å². The number of aliphatic hydroxyl groups is 1. The fraction of sp³-hybridized carbons (Fsp3) is 0.562. The lowest BCUT2D eigenvalue weighted by Gasteiger charge is -2.22. The number of hydrogen-bond donors (Lipinski definition) is 3. The van der Waals surface area contributed by atoms with Crippen LogP contribution in [0.1, 0.15) is 39.4 Å². The Kier molecular flexibility index (Phi) is 7.92. The van der Waals surface area contributed by atoms with E-state index in [-0.39, 0.29) is 22.6 Å². The molecule has 0 radical (unpaired) electrons. The summed E-state index contributed by atoms with van der Waals surface area (Å²) in [5, 5.41) is 16.1. The third-order valence-electron chi connectivity index (χ3n) is 2.93. The number of amides is 1. The SMILES string of the molecule is C[C@H](CNCC(O)c1cc(Cl)cc(Br)c1F)NC(=O)OC(C)(C)C. The van der Waals surface area contributed by atoms with Crippen molar-refractivity contribution >= 4 is 33.6 Å². The molecule has 1 aromatic carbocycles. The molecule has 0 fully saturated rings. The van der Waals surface area contributed by atoms with E-state index in [9.17, 15) is 14.3 Å². The summed E-state index contributed by atoms with van der Waals surface area (Å²) in [6.07, 6.45) is -1.57. The van der Waals surface area contributed by atoms with Gasteiger partial charge in [0.1, 0.15) is 11.4 Å². The Morgan fingerprint density at radius 3 is 2.62 bits per heavy atom. The summed E-state index contributed by atoms with van der Waals surface area (Å²) in [4.78, 5) is 11.6. The first-order valence-electron chi connectivity index (χ1n) is 7.52. The first kappa shape index (κ1) is 21.2. The van der Waals surface area contributed by atoms with Crippen molar-refractivity contribution in [3.63, 3.8) is 0 Å². The van der Waals surface area contributed by atoms with E-state index in [1.165, 1.54) is 12.1 Å². The Hall–Kier alpha value is -0.890. The fourth-order valence-electron chi connectivity index (χ4n) is 1.92. The topological polar surface area (TPSA) is 70.6 Å². The second kappa shape index (κ2) is 8.99. The van der Waals surface area contributed by atoms with Gasteiger partial charge >= 0.3 is 6.09 Å². The summed E-state index contributed by atoms with van der Waals surface area (Å²) in [7, 11) is 0. The van der Waals surface area contributed by atoms with Gasteiger partial charge in [-0.2, -0.15) is 0 Å². The van der Waals surface area contributed by atoms with Crippen LogP contribution >= 0.6 is 27.5 Å². The Balaban J connectivity index is 2.46. The summed E-state index contributed by atoms with van der Waals surface area (Å²) in [6.45, 7) is 7.64. The number of ether oxygens (including phenoxy) is 1. The van der Waals surface area contributed by atoms with Gasteiger partial charge in [0.15, 0.2) is 0 Å². The van der Waals surface area contributed by atoms with Crippen LogP contribution < -0.4 is 10.6 Å². The molecule has 2 atom stereocenters. The van der Waals surface area contributed by atoms with Gasteiger partial charge < -0.3 is 20.5 Å². The largest absolute Gasteiger partial charge is 0.444 e. The zero-order valence-corrected chi connectivity index (χ0v) is 16.5. The minimum Gasteiger partial charge on any atom is -0.444 e. The van der Waals surface area contributed by atoms with Crippen molar-refractivity contribution in [2.45, 2.75) is 45.4 Å². The normalized spacial score (nSPS) is 14.2. The zero-order valence-electron chi connectivity index (χ0n) is 14.1. The van der Waals surface area contributed by atoms with Gasteiger partial charge in [0, 0.05) is 29.7 Å². The number of rotatable bonds is 6. The molecule has 1 amide bonds. The highest BCUT2D eigenvalue weighted by atomic mass is 79.9. The first-order valence-corrected chi connectivity index (χ1v) is 8.69. The van der Waals surface area contributed by atoms with Crippen molar-refractivity contribution in [3.8, 4) is 0 Å². The molecular weight excluding hydrogens is 403 g/mol. The molecule has 1 unspecified atom stereocenters. The molecule has 3 N–H and O–H groups in total. The van der Waals surface area contributed by atoms with Crippen LogP contribution in [0.25, 0.3) is 0 Å². The van der Waals surface area contributed by atoms with Crippen molar-refractivity contribution in [2.75, 3.05) is 13.1 Å². The molecule has 0 spiro atoms. The van der Waals surface area contributed by atoms with Crippen LogP contribution in [0.3, 0.4) is 0 Å². The lowest BCUT2D eigenvalue weighted by atomic mass is 10.1. The summed E-state index contributed by atoms with van der Waals surface area (Å²) in [5.74, 6) is -0.548. The lowest BCUT2D eigenvalue weighted by Crippen LogP contribution is -2.43. The molecule has 0 saturated carbocycles. The van der Waals surface area contributed by atoms with Gasteiger partial charge in [0.25, 0.3) is 0 Å². The number of carbonyl (C=O) groups excluding carboxylic acids is 1. The lowest BCUT2D eigenvalue weighted by molar-refractivity contribution is 0.0507. The smallest absolute Gasteiger partial charge is 0.407 e. The van der Waals surface area contributed by atoms with Gasteiger partial charge in [-0.3, -0.25) is 0 Å². The van der Waals surface area contributed by atoms with Crippen molar-refractivity contribution in [2.24, 2.45) is 0 Å². The molecule has 1 rings (SSSR count). The van der Waals surface area contributed by atoms with Gasteiger partial charge in [-0.05, 0) is 55.8 Å². The van der Waals surface area contributed by atoms with E-state index in [4.69, 9.17) is 16.3 Å². The molecule has 0 aromatic heterocycles. The molecule has 136 valence electrons. The maximum absolute atomic E-state index is 14.0.